The summed E-state index contributed by atoms with van der Waals surface area (Å²) < 4.78 is 9.65. The zero-order chi connectivity index (χ0) is 36.6. The van der Waals surface area contributed by atoms with Gasteiger partial charge in [-0.3, -0.25) is 4.79 Å². The number of H-pyrrole nitrogens is 3. The van der Waals surface area contributed by atoms with Crippen molar-refractivity contribution in [3.05, 3.63) is 129 Å². The number of carbonyl (C=O) groups excluding carboxylic acids is 3. The summed E-state index contributed by atoms with van der Waals surface area (Å²) in [6, 6.07) is 20.0. The van der Waals surface area contributed by atoms with Crippen LogP contribution in [0.5, 0.6) is 0 Å². The Morgan fingerprint density at radius 1 is 0.686 bits per heavy atom. The number of hydrogen-bond donors (Lipinski definition) is 4. The second-order valence-corrected chi connectivity index (χ2v) is 11.6. The molecule has 0 unspecified atom stereocenters. The summed E-state index contributed by atoms with van der Waals surface area (Å²) in [6.45, 7) is 5.53. The number of aromatic nitrogens is 3. The number of aromatic carboxylic acids is 1. The Morgan fingerprint density at radius 3 is 1.45 bits per heavy atom. The minimum absolute atomic E-state index is 0. The van der Waals surface area contributed by atoms with Gasteiger partial charge in [0.25, 0.3) is 0 Å². The first-order valence-corrected chi connectivity index (χ1v) is 16.2. The quantitative estimate of drug-likeness (QED) is 0.0732. The van der Waals surface area contributed by atoms with Crippen molar-refractivity contribution in [1.82, 2.24) is 15.0 Å². The Balaban J connectivity index is 0.000000271. The predicted octanol–water partition coefficient (Wildman–Crippen LogP) is 8.12. The fourth-order valence-electron chi connectivity index (χ4n) is 4.44. The monoisotopic (exact) mass is 739 g/mol. The molecule has 5 rings (SSSR count). The van der Waals surface area contributed by atoms with Crippen molar-refractivity contribution in [2.75, 3.05) is 37.1 Å². The van der Waals surface area contributed by atoms with Crippen molar-refractivity contribution >= 4 is 58.8 Å². The highest BCUT2D eigenvalue weighted by molar-refractivity contribution is 6.30. The van der Waals surface area contributed by atoms with E-state index < -0.39 is 11.9 Å². The van der Waals surface area contributed by atoms with Crippen LogP contribution in [0.25, 0.3) is 0 Å². The molecule has 0 radical (unpaired) electrons. The van der Waals surface area contributed by atoms with Gasteiger partial charge in [0.1, 0.15) is 17.1 Å². The molecular formula is C37H43Cl2N5O7. The molecule has 0 atom stereocenters. The third-order valence-corrected chi connectivity index (χ3v) is 7.43. The largest absolute Gasteiger partial charge is 0.477 e. The molecule has 0 bridgehead atoms. The van der Waals surface area contributed by atoms with E-state index in [4.69, 9.17) is 37.8 Å². The number of rotatable bonds is 12. The third-order valence-electron chi connectivity index (χ3n) is 6.92. The Morgan fingerprint density at radius 2 is 1.08 bits per heavy atom. The van der Waals surface area contributed by atoms with Gasteiger partial charge in [-0.1, -0.05) is 30.6 Å². The molecule has 0 amide bonds. The molecule has 272 valence electrons. The number of nitrogens with zero attached hydrogens (tertiary/aromatic N) is 2. The van der Waals surface area contributed by atoms with Crippen LogP contribution in [-0.4, -0.2) is 71.6 Å². The summed E-state index contributed by atoms with van der Waals surface area (Å²) >= 11 is 11.7. The van der Waals surface area contributed by atoms with Gasteiger partial charge in [-0.25, -0.2) is 14.4 Å². The van der Waals surface area contributed by atoms with Crippen molar-refractivity contribution in [1.29, 1.82) is 0 Å². The van der Waals surface area contributed by atoms with Gasteiger partial charge in [0.2, 0.25) is 0 Å². The van der Waals surface area contributed by atoms with Gasteiger partial charge in [0.15, 0.2) is 6.29 Å². The van der Waals surface area contributed by atoms with Crippen molar-refractivity contribution in [3.8, 4) is 0 Å². The molecule has 0 fully saturated rings. The van der Waals surface area contributed by atoms with Crippen molar-refractivity contribution in [2.24, 2.45) is 0 Å². The lowest BCUT2D eigenvalue weighted by atomic mass is 10.2. The topological polar surface area (TPSA) is 161 Å². The predicted molar refractivity (Wildman–Crippen MR) is 200 cm³/mol. The number of carbonyl (C=O) groups is 4. The maximum absolute atomic E-state index is 11.6. The van der Waals surface area contributed by atoms with Gasteiger partial charge < -0.3 is 39.3 Å². The number of halogens is 2. The fraction of sp³-hybridized carbons (Fsp3) is 0.243. The zero-order valence-corrected chi connectivity index (χ0v) is 29.5. The van der Waals surface area contributed by atoms with E-state index in [-0.39, 0.29) is 19.1 Å². The normalized spacial score (nSPS) is 9.92. The average molecular weight is 741 g/mol. The van der Waals surface area contributed by atoms with Crippen LogP contribution in [0.4, 0.5) is 11.4 Å². The highest BCUT2D eigenvalue weighted by Crippen LogP contribution is 2.20. The first kappa shape index (κ1) is 41.7. The van der Waals surface area contributed by atoms with E-state index in [0.29, 0.717) is 59.6 Å². The summed E-state index contributed by atoms with van der Waals surface area (Å²) in [7, 11) is 3.93. The SMILES string of the molecule is C.CCOC(=O)c1cc(C=O)c[nH]1.CCOC(=O)c1cc(CN(C)c2ccc(Cl)cc2)c[nH]1.CN(Cc1c[nH]c(C(=O)O)c1)c1ccc(Cl)cc1. The van der Waals surface area contributed by atoms with Crippen molar-refractivity contribution in [2.45, 2.75) is 34.4 Å². The van der Waals surface area contributed by atoms with Crippen molar-refractivity contribution in [3.63, 3.8) is 0 Å². The highest BCUT2D eigenvalue weighted by Gasteiger charge is 2.11. The smallest absolute Gasteiger partial charge is 0.354 e. The molecule has 3 aromatic heterocycles. The van der Waals surface area contributed by atoms with E-state index in [1.54, 1.807) is 26.1 Å². The molecule has 51 heavy (non-hydrogen) atoms. The molecule has 5 aromatic rings. The standard InChI is InChI=1S/C15H17ClN2O2.C13H13ClN2O2.C8H9NO3.CH4/c1-3-20-15(19)14-8-11(9-17-14)10-18(2)13-6-4-12(16)5-7-13;1-16(11-4-2-10(14)3-5-11)8-9-6-12(13(17)18)15-7-9;1-2-12-8(11)7-3-6(5-10)4-9-7;/h4-9,17H,3,10H2,1-2H3;2-7,15H,8H2,1H3,(H,17,18);3-5,9H,2H2,1H3;1H4. The van der Waals surface area contributed by atoms with E-state index in [1.807, 2.05) is 79.8 Å². The maximum Gasteiger partial charge on any atom is 0.354 e. The molecule has 0 aliphatic heterocycles. The molecule has 4 N–H and O–H groups in total. The van der Waals surface area contributed by atoms with Crippen LogP contribution in [0.15, 0.2) is 85.3 Å². The molecule has 0 aliphatic rings. The lowest BCUT2D eigenvalue weighted by molar-refractivity contribution is 0.0511. The highest BCUT2D eigenvalue weighted by atomic mass is 35.5. The number of ether oxygens (including phenoxy) is 2. The second-order valence-electron chi connectivity index (χ2n) is 10.7. The average Bonchev–Trinajstić information content (AvgIpc) is 3.88. The maximum atomic E-state index is 11.6. The third kappa shape index (κ3) is 13.4. The number of carboxylic acids is 1. The van der Waals surface area contributed by atoms with Gasteiger partial charge in [-0.2, -0.15) is 0 Å². The number of aldehydes is 1. The number of carboxylic acid groups (broad SMARTS) is 1. The molecule has 2 aromatic carbocycles. The first-order chi connectivity index (χ1) is 23.9. The van der Waals surface area contributed by atoms with E-state index in [1.165, 1.54) is 12.3 Å². The van der Waals surface area contributed by atoms with E-state index in [2.05, 4.69) is 19.9 Å². The summed E-state index contributed by atoms with van der Waals surface area (Å²) in [5.74, 6) is -1.71. The summed E-state index contributed by atoms with van der Waals surface area (Å²) in [5, 5.41) is 10.2. The Labute approximate surface area is 307 Å². The van der Waals surface area contributed by atoms with Crippen LogP contribution in [0, 0.1) is 0 Å². The van der Waals surface area contributed by atoms with E-state index in [0.717, 1.165) is 22.5 Å². The lowest BCUT2D eigenvalue weighted by Gasteiger charge is -2.18. The molecule has 0 saturated carbocycles. The lowest BCUT2D eigenvalue weighted by Crippen LogP contribution is -2.15. The Bertz CT molecular complexity index is 1830. The Kier molecular flexibility index (Phi) is 17.1. The Hall–Kier alpha value is -5.46. The molecule has 12 nitrogen and oxygen atoms in total. The molecule has 14 heteroatoms. The number of benzene rings is 2. The van der Waals surface area contributed by atoms with Crippen LogP contribution in [0.3, 0.4) is 0 Å². The van der Waals surface area contributed by atoms with Gasteiger partial charge in [-0.05, 0) is 91.7 Å². The van der Waals surface area contributed by atoms with Crippen molar-refractivity contribution < 1.29 is 33.8 Å². The summed E-state index contributed by atoms with van der Waals surface area (Å²) in [5.41, 5.74) is 5.46. The van der Waals surface area contributed by atoms with Crippen LogP contribution in [0.1, 0.15) is 74.2 Å². The van der Waals surface area contributed by atoms with Crippen LogP contribution in [-0.2, 0) is 22.6 Å². The fourth-order valence-corrected chi connectivity index (χ4v) is 4.69. The number of anilines is 2. The second kappa shape index (κ2) is 20.9. The molecule has 3 heterocycles. The van der Waals surface area contributed by atoms with Crippen LogP contribution >= 0.6 is 23.2 Å². The summed E-state index contributed by atoms with van der Waals surface area (Å²) in [6.07, 6.45) is 5.65. The zero-order valence-electron chi connectivity index (χ0n) is 28.0. The van der Waals surface area contributed by atoms with Gasteiger partial charge in [0, 0.05) is 72.8 Å². The number of nitrogens with one attached hydrogen (secondary N) is 3. The molecular weight excluding hydrogens is 697 g/mol. The van der Waals surface area contributed by atoms with E-state index >= 15 is 0 Å². The number of esters is 2. The van der Waals surface area contributed by atoms with Crippen LogP contribution in [0.2, 0.25) is 10.0 Å². The van der Waals surface area contributed by atoms with Gasteiger partial charge in [0.05, 0.1) is 13.2 Å². The minimum atomic E-state index is -0.949. The van der Waals surface area contributed by atoms with Crippen LogP contribution < -0.4 is 9.80 Å². The van der Waals surface area contributed by atoms with Gasteiger partial charge >= 0.3 is 17.9 Å². The molecule has 0 aliphatic carbocycles. The van der Waals surface area contributed by atoms with Gasteiger partial charge in [-0.15, -0.1) is 0 Å². The van der Waals surface area contributed by atoms with E-state index in [9.17, 15) is 19.2 Å². The summed E-state index contributed by atoms with van der Waals surface area (Å²) in [4.78, 5) is 55.9. The number of aromatic amines is 3. The molecule has 0 spiro atoms. The minimum Gasteiger partial charge on any atom is -0.477 e. The number of hydrogen-bond acceptors (Lipinski definition) is 8. The molecule has 0 saturated heterocycles. The first-order valence-electron chi connectivity index (χ1n) is 15.4.